The Balaban J connectivity index is 0.882. The molecule has 2 heteroatoms. The summed E-state index contributed by atoms with van der Waals surface area (Å²) in [5, 5.41) is 0. The lowest BCUT2D eigenvalue weighted by molar-refractivity contribution is 0.857. The highest BCUT2D eigenvalue weighted by Gasteiger charge is 2.16. The van der Waals surface area contributed by atoms with Gasteiger partial charge in [-0.15, -0.1) is 0 Å². The smallest absolute Gasteiger partial charge is 0.0462 e. The van der Waals surface area contributed by atoms with Crippen LogP contribution in [0.1, 0.15) is 23.5 Å². The minimum Gasteiger partial charge on any atom is -0.311 e. The van der Waals surface area contributed by atoms with Crippen molar-refractivity contribution in [2.24, 2.45) is 0 Å². The van der Waals surface area contributed by atoms with Gasteiger partial charge in [-0.25, -0.2) is 0 Å². The summed E-state index contributed by atoms with van der Waals surface area (Å²) in [6.07, 6.45) is 8.01. The van der Waals surface area contributed by atoms with Gasteiger partial charge in [-0.1, -0.05) is 164 Å². The molecule has 1 aliphatic carbocycles. The van der Waals surface area contributed by atoms with E-state index >= 15 is 0 Å². The first kappa shape index (κ1) is 34.6. The fraction of sp³-hybridized carbons (Fsp3) is 0.0370. The van der Waals surface area contributed by atoms with Gasteiger partial charge < -0.3 is 9.80 Å². The molecule has 8 aromatic carbocycles. The number of hydrogen-bond acceptors (Lipinski definition) is 2. The summed E-state index contributed by atoms with van der Waals surface area (Å²) in [5.41, 5.74) is 15.5. The van der Waals surface area contributed by atoms with Crippen LogP contribution < -0.4 is 9.80 Å². The van der Waals surface area contributed by atoms with Crippen molar-refractivity contribution in [3.8, 4) is 22.3 Å². The van der Waals surface area contributed by atoms with E-state index in [1.54, 1.807) is 0 Å². The zero-order chi connectivity index (χ0) is 37.5. The van der Waals surface area contributed by atoms with Crippen molar-refractivity contribution in [1.82, 2.24) is 0 Å². The first-order valence-corrected chi connectivity index (χ1v) is 19.4. The van der Waals surface area contributed by atoms with Crippen LogP contribution in [0, 0.1) is 0 Å². The molecule has 268 valence electrons. The largest absolute Gasteiger partial charge is 0.311 e. The van der Waals surface area contributed by atoms with Crippen LogP contribution in [0.2, 0.25) is 0 Å². The summed E-state index contributed by atoms with van der Waals surface area (Å²) in [4.78, 5) is 4.62. The number of benzene rings is 8. The van der Waals surface area contributed by atoms with Crippen LogP contribution in [0.5, 0.6) is 0 Å². The Morgan fingerprint density at radius 2 is 0.625 bits per heavy atom. The zero-order valence-corrected chi connectivity index (χ0v) is 31.2. The molecule has 0 spiro atoms. The van der Waals surface area contributed by atoms with Crippen molar-refractivity contribution in [1.29, 1.82) is 0 Å². The van der Waals surface area contributed by atoms with E-state index in [4.69, 9.17) is 0 Å². The molecule has 56 heavy (non-hydrogen) atoms. The standard InChI is InChI=1S/C54H42N2/c1-5-13-41(14-6-1)46-29-35-53(36-30-46)56(51-19-11-4-12-20-51)54-39-33-48(34-40-54)45-27-23-43(24-28-45)42-21-25-44(26-22-42)47-31-37-52(38-32-47)55(49-15-7-2-8-16-49)50-17-9-3-10-18-50/h1-23,25-40,43H,24H2. The molecule has 1 unspecified atom stereocenters. The van der Waals surface area contributed by atoms with E-state index in [9.17, 15) is 0 Å². The predicted molar refractivity (Wildman–Crippen MR) is 238 cm³/mol. The fourth-order valence-electron chi connectivity index (χ4n) is 7.67. The normalized spacial score (nSPS) is 13.5. The second-order valence-electron chi connectivity index (χ2n) is 14.2. The van der Waals surface area contributed by atoms with E-state index in [-0.39, 0.29) is 0 Å². The number of anilines is 6. The molecule has 0 radical (unpaired) electrons. The Kier molecular flexibility index (Phi) is 9.92. The number of rotatable bonds is 10. The fourth-order valence-corrected chi connectivity index (χ4v) is 7.67. The molecule has 1 atom stereocenters. The highest BCUT2D eigenvalue weighted by atomic mass is 15.1. The summed E-state index contributed by atoms with van der Waals surface area (Å²) in [7, 11) is 0. The van der Waals surface area contributed by atoms with E-state index in [1.165, 1.54) is 39.0 Å². The maximum atomic E-state index is 2.38. The molecule has 0 heterocycles. The monoisotopic (exact) mass is 718 g/mol. The highest BCUT2D eigenvalue weighted by Crippen LogP contribution is 2.39. The van der Waals surface area contributed by atoms with Crippen molar-refractivity contribution in [3.05, 3.63) is 248 Å². The van der Waals surface area contributed by atoms with Crippen LogP contribution in [0.3, 0.4) is 0 Å². The van der Waals surface area contributed by atoms with Crippen molar-refractivity contribution < 1.29 is 0 Å². The number of allylic oxidation sites excluding steroid dienone is 4. The summed E-state index contributed by atoms with van der Waals surface area (Å²) < 4.78 is 0. The van der Waals surface area contributed by atoms with Crippen LogP contribution in [0.15, 0.2) is 237 Å². The first-order valence-electron chi connectivity index (χ1n) is 19.4. The van der Waals surface area contributed by atoms with Gasteiger partial charge >= 0.3 is 0 Å². The Hall–Kier alpha value is -7.16. The maximum Gasteiger partial charge on any atom is 0.0462 e. The molecule has 1 aliphatic rings. The number of nitrogens with zero attached hydrogens (tertiary/aromatic N) is 2. The molecule has 0 saturated heterocycles. The third-order valence-corrected chi connectivity index (χ3v) is 10.6. The van der Waals surface area contributed by atoms with Gasteiger partial charge in [0.2, 0.25) is 0 Å². The van der Waals surface area contributed by atoms with Crippen molar-refractivity contribution in [2.45, 2.75) is 12.3 Å². The molecule has 8 aromatic rings. The summed E-state index contributed by atoms with van der Waals surface area (Å²) >= 11 is 0. The predicted octanol–water partition coefficient (Wildman–Crippen LogP) is 15.1. The minimum absolute atomic E-state index is 0.354. The maximum absolute atomic E-state index is 2.38. The van der Waals surface area contributed by atoms with Gasteiger partial charge in [0.15, 0.2) is 0 Å². The molecule has 0 amide bonds. The van der Waals surface area contributed by atoms with Crippen LogP contribution in [0.4, 0.5) is 34.1 Å². The topological polar surface area (TPSA) is 6.48 Å². The molecule has 9 rings (SSSR count). The average molecular weight is 719 g/mol. The molecule has 0 aliphatic heterocycles. The van der Waals surface area contributed by atoms with Gasteiger partial charge in [0, 0.05) is 40.0 Å². The second kappa shape index (κ2) is 16.1. The zero-order valence-electron chi connectivity index (χ0n) is 31.2. The lowest BCUT2D eigenvalue weighted by atomic mass is 9.87. The lowest BCUT2D eigenvalue weighted by Gasteiger charge is -2.26. The Bertz CT molecular complexity index is 2500. The third kappa shape index (κ3) is 7.46. The molecule has 0 aromatic heterocycles. The van der Waals surface area contributed by atoms with Crippen molar-refractivity contribution >= 4 is 39.7 Å². The molecule has 2 nitrogen and oxygen atoms in total. The van der Waals surface area contributed by atoms with E-state index < -0.39 is 0 Å². The summed E-state index contributed by atoms with van der Waals surface area (Å²) in [6.45, 7) is 0. The summed E-state index contributed by atoms with van der Waals surface area (Å²) in [6, 6.07) is 78.0. The van der Waals surface area contributed by atoms with Gasteiger partial charge in [-0.3, -0.25) is 0 Å². The van der Waals surface area contributed by atoms with Crippen LogP contribution in [-0.2, 0) is 0 Å². The van der Waals surface area contributed by atoms with E-state index in [1.807, 2.05) is 0 Å². The average Bonchev–Trinajstić information content (AvgIpc) is 3.29. The number of para-hydroxylation sites is 3. The number of hydrogen-bond donors (Lipinski definition) is 0. The Morgan fingerprint density at radius 3 is 1.00 bits per heavy atom. The minimum atomic E-state index is 0.354. The van der Waals surface area contributed by atoms with Gasteiger partial charge in [0.25, 0.3) is 0 Å². The highest BCUT2D eigenvalue weighted by molar-refractivity contribution is 5.82. The molecule has 0 saturated carbocycles. The van der Waals surface area contributed by atoms with Gasteiger partial charge in [0.1, 0.15) is 0 Å². The van der Waals surface area contributed by atoms with Crippen LogP contribution in [0.25, 0.3) is 27.8 Å². The van der Waals surface area contributed by atoms with Crippen LogP contribution in [-0.4, -0.2) is 0 Å². The van der Waals surface area contributed by atoms with Crippen molar-refractivity contribution in [2.75, 3.05) is 9.80 Å². The van der Waals surface area contributed by atoms with Crippen molar-refractivity contribution in [3.63, 3.8) is 0 Å². The first-order chi connectivity index (χ1) is 27.8. The Labute approximate surface area is 330 Å². The molecular weight excluding hydrogens is 677 g/mol. The SMILES string of the molecule is C1=CC(c2ccc(-c3ccc(N(c4ccccc4)c4ccccc4)cc3)cc2)CC=C1c1ccc(N(c2ccccc2)c2ccc(-c3ccccc3)cc2)cc1. The molecule has 0 bridgehead atoms. The van der Waals surface area contributed by atoms with Crippen LogP contribution >= 0.6 is 0 Å². The third-order valence-electron chi connectivity index (χ3n) is 10.6. The van der Waals surface area contributed by atoms with Gasteiger partial charge in [-0.05, 0) is 118 Å². The Morgan fingerprint density at radius 1 is 0.304 bits per heavy atom. The van der Waals surface area contributed by atoms with E-state index in [0.717, 1.165) is 40.5 Å². The summed E-state index contributed by atoms with van der Waals surface area (Å²) in [5.74, 6) is 0.354. The molecule has 0 N–H and O–H groups in total. The van der Waals surface area contributed by atoms with E-state index in [2.05, 4.69) is 246 Å². The van der Waals surface area contributed by atoms with Gasteiger partial charge in [0.05, 0.1) is 0 Å². The molecule has 0 fully saturated rings. The lowest BCUT2D eigenvalue weighted by Crippen LogP contribution is -2.09. The van der Waals surface area contributed by atoms with E-state index in [0.29, 0.717) is 5.92 Å². The molecular formula is C54H42N2. The van der Waals surface area contributed by atoms with Gasteiger partial charge in [-0.2, -0.15) is 0 Å². The second-order valence-corrected chi connectivity index (χ2v) is 14.2. The quantitative estimate of drug-likeness (QED) is 0.139.